The number of nitro benzene ring substituents is 1. The van der Waals surface area contributed by atoms with Crippen molar-refractivity contribution in [3.63, 3.8) is 0 Å². The first-order valence-electron chi connectivity index (χ1n) is 10.8. The molecule has 0 aliphatic carbocycles. The van der Waals surface area contributed by atoms with Gasteiger partial charge < -0.3 is 15.1 Å². The molecular formula is C24H32N4O3. The summed E-state index contributed by atoms with van der Waals surface area (Å²) in [5.41, 5.74) is 3.50. The Balaban J connectivity index is 1.67. The predicted molar refractivity (Wildman–Crippen MR) is 125 cm³/mol. The average Bonchev–Trinajstić information content (AvgIpc) is 2.72. The van der Waals surface area contributed by atoms with Crippen LogP contribution in [0.4, 0.5) is 17.1 Å². The van der Waals surface area contributed by atoms with Crippen LogP contribution in [-0.4, -0.2) is 48.0 Å². The Morgan fingerprint density at radius 2 is 1.65 bits per heavy atom. The number of benzene rings is 2. The van der Waals surface area contributed by atoms with Crippen LogP contribution < -0.4 is 10.2 Å². The maximum Gasteiger partial charge on any atom is 0.292 e. The number of anilines is 2. The molecule has 0 atom stereocenters. The van der Waals surface area contributed by atoms with E-state index in [0.29, 0.717) is 37.4 Å². The lowest BCUT2D eigenvalue weighted by molar-refractivity contribution is -0.384. The third-order valence-corrected chi connectivity index (χ3v) is 5.55. The smallest absolute Gasteiger partial charge is 0.292 e. The molecule has 1 aliphatic rings. The Bertz CT molecular complexity index is 940. The Labute approximate surface area is 184 Å². The van der Waals surface area contributed by atoms with E-state index in [2.05, 4.69) is 31.0 Å². The SMILES string of the molecule is CC(C)Nc1cc(N2CCN(C(=O)c3ccc(C(C)(C)C)cc3)CC2)ccc1[N+](=O)[O-]. The monoisotopic (exact) mass is 424 g/mol. The van der Waals surface area contributed by atoms with Crippen LogP contribution >= 0.6 is 0 Å². The molecule has 1 heterocycles. The molecule has 3 rings (SSSR count). The van der Waals surface area contributed by atoms with Crippen LogP contribution in [0.1, 0.15) is 50.5 Å². The van der Waals surface area contributed by atoms with E-state index in [4.69, 9.17) is 0 Å². The zero-order valence-electron chi connectivity index (χ0n) is 19.0. The van der Waals surface area contributed by atoms with E-state index in [1.54, 1.807) is 12.1 Å². The lowest BCUT2D eigenvalue weighted by atomic mass is 9.86. The highest BCUT2D eigenvalue weighted by Gasteiger charge is 2.24. The minimum atomic E-state index is -0.365. The first-order chi connectivity index (χ1) is 14.6. The molecule has 7 heteroatoms. The van der Waals surface area contributed by atoms with E-state index < -0.39 is 0 Å². The normalized spacial score (nSPS) is 14.6. The van der Waals surface area contributed by atoms with Crippen molar-refractivity contribution < 1.29 is 9.72 Å². The van der Waals surface area contributed by atoms with E-state index in [0.717, 1.165) is 5.69 Å². The summed E-state index contributed by atoms with van der Waals surface area (Å²) in [4.78, 5) is 27.9. The first-order valence-corrected chi connectivity index (χ1v) is 10.8. The van der Waals surface area contributed by atoms with Crippen molar-refractivity contribution in [1.82, 2.24) is 4.90 Å². The van der Waals surface area contributed by atoms with Crippen LogP contribution in [0.2, 0.25) is 0 Å². The van der Waals surface area contributed by atoms with Gasteiger partial charge in [0.15, 0.2) is 0 Å². The number of piperazine rings is 1. The Morgan fingerprint density at radius 3 is 2.16 bits per heavy atom. The lowest BCUT2D eigenvalue weighted by Gasteiger charge is -2.36. The van der Waals surface area contributed by atoms with Gasteiger partial charge in [-0.15, -0.1) is 0 Å². The Hall–Kier alpha value is -3.09. The van der Waals surface area contributed by atoms with Crippen LogP contribution in [0, 0.1) is 10.1 Å². The second-order valence-electron chi connectivity index (χ2n) is 9.36. The number of amides is 1. The summed E-state index contributed by atoms with van der Waals surface area (Å²) in [5, 5.41) is 14.5. The average molecular weight is 425 g/mol. The van der Waals surface area contributed by atoms with Crippen LogP contribution in [0.25, 0.3) is 0 Å². The molecule has 0 bridgehead atoms. The van der Waals surface area contributed by atoms with Gasteiger partial charge in [0.25, 0.3) is 11.6 Å². The molecule has 0 unspecified atom stereocenters. The number of hydrogen-bond donors (Lipinski definition) is 1. The molecule has 2 aromatic carbocycles. The van der Waals surface area contributed by atoms with Crippen LogP contribution in [0.15, 0.2) is 42.5 Å². The number of nitrogens with one attached hydrogen (secondary N) is 1. The highest BCUT2D eigenvalue weighted by molar-refractivity contribution is 5.94. The standard InChI is InChI=1S/C24H32N4O3/c1-17(2)25-21-16-20(10-11-22(21)28(30)31)26-12-14-27(15-13-26)23(29)18-6-8-19(9-7-18)24(3,4)5/h6-11,16-17,25H,12-15H2,1-5H3. The summed E-state index contributed by atoms with van der Waals surface area (Å²) < 4.78 is 0. The summed E-state index contributed by atoms with van der Waals surface area (Å²) in [7, 11) is 0. The number of hydrogen-bond acceptors (Lipinski definition) is 5. The van der Waals surface area contributed by atoms with Gasteiger partial charge in [-0.3, -0.25) is 14.9 Å². The third kappa shape index (κ3) is 5.34. The van der Waals surface area contributed by atoms with Gasteiger partial charge in [0.2, 0.25) is 0 Å². The van der Waals surface area contributed by atoms with Crippen molar-refractivity contribution in [3.8, 4) is 0 Å². The molecule has 0 spiro atoms. The van der Waals surface area contributed by atoms with Crippen molar-refractivity contribution in [1.29, 1.82) is 0 Å². The molecule has 0 saturated carbocycles. The van der Waals surface area contributed by atoms with Crippen molar-refractivity contribution in [2.45, 2.75) is 46.1 Å². The van der Waals surface area contributed by atoms with Crippen LogP contribution in [0.3, 0.4) is 0 Å². The molecule has 1 N–H and O–H groups in total. The summed E-state index contributed by atoms with van der Waals surface area (Å²) in [6.07, 6.45) is 0. The Morgan fingerprint density at radius 1 is 1.03 bits per heavy atom. The summed E-state index contributed by atoms with van der Waals surface area (Å²) >= 11 is 0. The molecule has 31 heavy (non-hydrogen) atoms. The van der Waals surface area contributed by atoms with Gasteiger partial charge in [-0.1, -0.05) is 32.9 Å². The molecule has 1 saturated heterocycles. The van der Waals surface area contributed by atoms with E-state index in [1.165, 1.54) is 5.56 Å². The van der Waals surface area contributed by atoms with E-state index in [-0.39, 0.29) is 28.0 Å². The summed E-state index contributed by atoms with van der Waals surface area (Å²) in [5.74, 6) is 0.0472. The number of carbonyl (C=O) groups excluding carboxylic acids is 1. The number of carbonyl (C=O) groups is 1. The number of rotatable bonds is 5. The van der Waals surface area contributed by atoms with Gasteiger partial charge in [0.05, 0.1) is 4.92 Å². The molecule has 0 radical (unpaired) electrons. The fourth-order valence-corrected chi connectivity index (χ4v) is 3.77. The molecule has 1 amide bonds. The highest BCUT2D eigenvalue weighted by Crippen LogP contribution is 2.31. The van der Waals surface area contributed by atoms with Gasteiger partial charge >= 0.3 is 0 Å². The number of nitro groups is 1. The van der Waals surface area contributed by atoms with Gasteiger partial charge in [0, 0.05) is 49.5 Å². The van der Waals surface area contributed by atoms with Crippen molar-refractivity contribution >= 4 is 23.0 Å². The second-order valence-corrected chi connectivity index (χ2v) is 9.36. The third-order valence-electron chi connectivity index (χ3n) is 5.55. The first kappa shape index (κ1) is 22.6. The fourth-order valence-electron chi connectivity index (χ4n) is 3.77. The molecule has 166 valence electrons. The molecule has 0 aromatic heterocycles. The largest absolute Gasteiger partial charge is 0.377 e. The quantitative estimate of drug-likeness (QED) is 0.557. The van der Waals surface area contributed by atoms with E-state index >= 15 is 0 Å². The van der Waals surface area contributed by atoms with Gasteiger partial charge in [-0.25, -0.2) is 0 Å². The summed E-state index contributed by atoms with van der Waals surface area (Å²) in [6.45, 7) is 13.0. The molecular weight excluding hydrogens is 392 g/mol. The minimum absolute atomic E-state index is 0.0472. The van der Waals surface area contributed by atoms with E-state index in [1.807, 2.05) is 49.1 Å². The number of nitrogens with zero attached hydrogens (tertiary/aromatic N) is 3. The zero-order valence-corrected chi connectivity index (χ0v) is 19.0. The highest BCUT2D eigenvalue weighted by atomic mass is 16.6. The topological polar surface area (TPSA) is 78.7 Å². The fraction of sp³-hybridized carbons (Fsp3) is 0.458. The molecule has 1 aliphatic heterocycles. The maximum atomic E-state index is 12.9. The van der Waals surface area contributed by atoms with E-state index in [9.17, 15) is 14.9 Å². The predicted octanol–water partition coefficient (Wildman–Crippen LogP) is 4.68. The molecule has 1 fully saturated rings. The molecule has 7 nitrogen and oxygen atoms in total. The molecule has 2 aromatic rings. The van der Waals surface area contributed by atoms with Gasteiger partial charge in [0.1, 0.15) is 5.69 Å². The minimum Gasteiger partial charge on any atom is -0.377 e. The van der Waals surface area contributed by atoms with Gasteiger partial charge in [-0.2, -0.15) is 0 Å². The van der Waals surface area contributed by atoms with Crippen LogP contribution in [0.5, 0.6) is 0 Å². The Kier molecular flexibility index (Phi) is 6.53. The summed E-state index contributed by atoms with van der Waals surface area (Å²) in [6, 6.07) is 13.1. The van der Waals surface area contributed by atoms with Crippen LogP contribution in [-0.2, 0) is 5.41 Å². The van der Waals surface area contributed by atoms with Gasteiger partial charge in [-0.05, 0) is 49.1 Å². The van der Waals surface area contributed by atoms with Crippen molar-refractivity contribution in [3.05, 3.63) is 63.7 Å². The van der Waals surface area contributed by atoms with Crippen molar-refractivity contribution in [2.75, 3.05) is 36.4 Å². The lowest BCUT2D eigenvalue weighted by Crippen LogP contribution is -2.48. The zero-order chi connectivity index (χ0) is 22.8. The van der Waals surface area contributed by atoms with Crippen molar-refractivity contribution in [2.24, 2.45) is 0 Å². The maximum absolute atomic E-state index is 12.9. The second kappa shape index (κ2) is 8.96.